The first-order chi connectivity index (χ1) is 10.5. The Bertz CT molecular complexity index is 557. The number of carbonyl (C=O) groups is 2. The first-order valence-corrected chi connectivity index (χ1v) is 7.34. The summed E-state index contributed by atoms with van der Waals surface area (Å²) in [5, 5.41) is 0. The fourth-order valence-corrected chi connectivity index (χ4v) is 2.17. The molecule has 0 N–H and O–H groups in total. The van der Waals surface area contributed by atoms with Gasteiger partial charge in [0.15, 0.2) is 0 Å². The zero-order valence-electron chi connectivity index (χ0n) is 13.6. The van der Waals surface area contributed by atoms with Crippen molar-refractivity contribution in [3.8, 4) is 11.8 Å². The number of amides is 1. The summed E-state index contributed by atoms with van der Waals surface area (Å²) < 4.78 is 5.43. The maximum absolute atomic E-state index is 12.2. The Kier molecular flexibility index (Phi) is 7.18. The van der Waals surface area contributed by atoms with Crippen molar-refractivity contribution in [1.82, 2.24) is 4.90 Å². The number of nitrogens with zero attached hydrogens (tertiary/aromatic N) is 1. The molecule has 0 aromatic heterocycles. The van der Waals surface area contributed by atoms with Crippen molar-refractivity contribution in [2.45, 2.75) is 45.8 Å². The van der Waals surface area contributed by atoms with Gasteiger partial charge in [0, 0.05) is 26.8 Å². The topological polar surface area (TPSA) is 46.6 Å². The third-order valence-corrected chi connectivity index (χ3v) is 3.50. The summed E-state index contributed by atoms with van der Waals surface area (Å²) in [6.07, 6.45) is 0.420. The number of hydrogen-bond acceptors (Lipinski definition) is 3. The van der Waals surface area contributed by atoms with Gasteiger partial charge in [0.05, 0.1) is 6.04 Å². The van der Waals surface area contributed by atoms with E-state index in [0.717, 1.165) is 5.56 Å². The fourth-order valence-electron chi connectivity index (χ4n) is 2.17. The summed E-state index contributed by atoms with van der Waals surface area (Å²) in [5.41, 5.74) is 0.873. The van der Waals surface area contributed by atoms with Crippen molar-refractivity contribution >= 4 is 11.9 Å². The summed E-state index contributed by atoms with van der Waals surface area (Å²) in [5.74, 6) is 5.29. The Balaban J connectivity index is 2.86. The third-order valence-electron chi connectivity index (χ3n) is 3.50. The molecule has 0 radical (unpaired) electrons. The van der Waals surface area contributed by atoms with E-state index in [-0.39, 0.29) is 17.9 Å². The SMILES string of the molecule is CC#CCCC(=O)N(C)[C@H](C)[C@H](OC(C)=O)c1ccccc1. The lowest BCUT2D eigenvalue weighted by atomic mass is 10.0. The Hall–Kier alpha value is -2.28. The van der Waals surface area contributed by atoms with Gasteiger partial charge in [0.1, 0.15) is 6.10 Å². The molecule has 1 aromatic rings. The van der Waals surface area contributed by atoms with Gasteiger partial charge >= 0.3 is 5.97 Å². The van der Waals surface area contributed by atoms with Gasteiger partial charge in [-0.05, 0) is 19.4 Å². The van der Waals surface area contributed by atoms with Gasteiger partial charge in [0.25, 0.3) is 0 Å². The van der Waals surface area contributed by atoms with Gasteiger partial charge in [-0.15, -0.1) is 11.8 Å². The van der Waals surface area contributed by atoms with Gasteiger partial charge in [-0.1, -0.05) is 30.3 Å². The highest BCUT2D eigenvalue weighted by Crippen LogP contribution is 2.25. The van der Waals surface area contributed by atoms with Gasteiger partial charge in [-0.25, -0.2) is 0 Å². The van der Waals surface area contributed by atoms with Crippen molar-refractivity contribution in [3.05, 3.63) is 35.9 Å². The summed E-state index contributed by atoms with van der Waals surface area (Å²) in [6.45, 7) is 5.01. The highest BCUT2D eigenvalue weighted by atomic mass is 16.5. The molecular weight excluding hydrogens is 278 g/mol. The highest BCUT2D eigenvalue weighted by molar-refractivity contribution is 5.76. The first-order valence-electron chi connectivity index (χ1n) is 7.34. The van der Waals surface area contributed by atoms with E-state index >= 15 is 0 Å². The number of hydrogen-bond donors (Lipinski definition) is 0. The molecule has 0 bridgehead atoms. The lowest BCUT2D eigenvalue weighted by Gasteiger charge is -2.31. The third kappa shape index (κ3) is 5.25. The van der Waals surface area contributed by atoms with Crippen LogP contribution in [-0.2, 0) is 14.3 Å². The van der Waals surface area contributed by atoms with Crippen LogP contribution < -0.4 is 0 Å². The molecule has 1 rings (SSSR count). The number of esters is 1. The van der Waals surface area contributed by atoms with E-state index in [0.29, 0.717) is 12.8 Å². The minimum absolute atomic E-state index is 0.0108. The molecule has 0 unspecified atom stereocenters. The number of likely N-dealkylation sites (N-methyl/N-ethyl adjacent to an activating group) is 1. The second kappa shape index (κ2) is 8.89. The molecule has 118 valence electrons. The zero-order chi connectivity index (χ0) is 16.5. The van der Waals surface area contributed by atoms with Crippen molar-refractivity contribution in [2.24, 2.45) is 0 Å². The van der Waals surface area contributed by atoms with E-state index in [4.69, 9.17) is 4.74 Å². The van der Waals surface area contributed by atoms with Crippen molar-refractivity contribution in [3.63, 3.8) is 0 Å². The lowest BCUT2D eigenvalue weighted by Crippen LogP contribution is -2.40. The summed E-state index contributed by atoms with van der Waals surface area (Å²) in [4.78, 5) is 25.2. The Morgan fingerprint density at radius 3 is 2.45 bits per heavy atom. The van der Waals surface area contributed by atoms with Gasteiger partial charge in [-0.3, -0.25) is 9.59 Å². The minimum atomic E-state index is -0.482. The van der Waals surface area contributed by atoms with Crippen LogP contribution in [-0.4, -0.2) is 29.9 Å². The summed E-state index contributed by atoms with van der Waals surface area (Å²) >= 11 is 0. The molecule has 1 amide bonds. The molecule has 0 fully saturated rings. The van der Waals surface area contributed by atoms with Crippen LogP contribution in [0.1, 0.15) is 45.3 Å². The van der Waals surface area contributed by atoms with Crippen LogP contribution in [0.4, 0.5) is 0 Å². The van der Waals surface area contributed by atoms with Crippen LogP contribution in [0.15, 0.2) is 30.3 Å². The minimum Gasteiger partial charge on any atom is -0.455 e. The molecule has 0 aliphatic heterocycles. The normalized spacial score (nSPS) is 12.5. The molecule has 0 aliphatic rings. The standard InChI is InChI=1S/C18H23NO3/c1-5-6-8-13-17(21)19(4)14(2)18(22-15(3)20)16-11-9-7-10-12-16/h7,9-12,14,18H,8,13H2,1-4H3/t14-,18+/m1/s1. The van der Waals surface area contributed by atoms with Crippen LogP contribution in [0, 0.1) is 11.8 Å². The lowest BCUT2D eigenvalue weighted by molar-refractivity contribution is -0.153. The van der Waals surface area contributed by atoms with Gasteiger partial charge < -0.3 is 9.64 Å². The monoisotopic (exact) mass is 301 g/mol. The highest BCUT2D eigenvalue weighted by Gasteiger charge is 2.27. The van der Waals surface area contributed by atoms with Crippen LogP contribution in [0.5, 0.6) is 0 Å². The molecule has 1 aromatic carbocycles. The number of benzene rings is 1. The molecule has 4 heteroatoms. The molecule has 0 heterocycles. The van der Waals surface area contributed by atoms with Crippen molar-refractivity contribution < 1.29 is 14.3 Å². The van der Waals surface area contributed by atoms with Gasteiger partial charge in [0.2, 0.25) is 5.91 Å². The van der Waals surface area contributed by atoms with E-state index in [1.54, 1.807) is 18.9 Å². The molecule has 0 aliphatic carbocycles. The maximum atomic E-state index is 12.2. The van der Waals surface area contributed by atoms with E-state index in [1.165, 1.54) is 6.92 Å². The Labute approximate surface area is 132 Å². The largest absolute Gasteiger partial charge is 0.455 e. The zero-order valence-corrected chi connectivity index (χ0v) is 13.6. The molecule has 0 spiro atoms. The first kappa shape index (κ1) is 17.8. The summed E-state index contributed by atoms with van der Waals surface area (Å²) in [6, 6.07) is 9.20. The number of rotatable bonds is 6. The number of carbonyl (C=O) groups excluding carboxylic acids is 2. The quantitative estimate of drug-likeness (QED) is 0.599. The van der Waals surface area contributed by atoms with Crippen LogP contribution in [0.25, 0.3) is 0 Å². The van der Waals surface area contributed by atoms with Crippen LogP contribution >= 0.6 is 0 Å². The van der Waals surface area contributed by atoms with Crippen molar-refractivity contribution in [1.29, 1.82) is 0 Å². The average molecular weight is 301 g/mol. The van der Waals surface area contributed by atoms with E-state index in [1.807, 2.05) is 37.3 Å². The fraction of sp³-hybridized carbons (Fsp3) is 0.444. The molecular formula is C18H23NO3. The molecule has 0 saturated heterocycles. The van der Waals surface area contributed by atoms with Crippen LogP contribution in [0.2, 0.25) is 0 Å². The average Bonchev–Trinajstić information content (AvgIpc) is 2.52. The van der Waals surface area contributed by atoms with E-state index < -0.39 is 6.10 Å². The Morgan fingerprint density at radius 2 is 1.91 bits per heavy atom. The van der Waals surface area contributed by atoms with Gasteiger partial charge in [-0.2, -0.15) is 0 Å². The smallest absolute Gasteiger partial charge is 0.303 e. The predicted octanol–water partition coefficient (Wildman–Crippen LogP) is 2.94. The second-order valence-electron chi connectivity index (χ2n) is 5.11. The number of ether oxygens (including phenoxy) is 1. The van der Waals surface area contributed by atoms with E-state index in [2.05, 4.69) is 11.8 Å². The summed E-state index contributed by atoms with van der Waals surface area (Å²) in [7, 11) is 1.73. The second-order valence-corrected chi connectivity index (χ2v) is 5.11. The van der Waals surface area contributed by atoms with E-state index in [9.17, 15) is 9.59 Å². The van der Waals surface area contributed by atoms with Crippen LogP contribution in [0.3, 0.4) is 0 Å². The maximum Gasteiger partial charge on any atom is 0.303 e. The Morgan fingerprint density at radius 1 is 1.27 bits per heavy atom. The molecule has 2 atom stereocenters. The molecule has 0 saturated carbocycles. The molecule has 4 nitrogen and oxygen atoms in total. The molecule has 22 heavy (non-hydrogen) atoms. The van der Waals surface area contributed by atoms with Crippen molar-refractivity contribution in [2.75, 3.05) is 7.05 Å². The predicted molar refractivity (Wildman–Crippen MR) is 85.9 cm³/mol.